The van der Waals surface area contributed by atoms with Crippen LogP contribution >= 0.6 is 0 Å². The van der Waals surface area contributed by atoms with Gasteiger partial charge in [0.2, 0.25) is 5.91 Å². The molecule has 2 aromatic rings. The highest BCUT2D eigenvalue weighted by Crippen LogP contribution is 2.15. The van der Waals surface area contributed by atoms with Crippen LogP contribution in [0.2, 0.25) is 0 Å². The molecule has 0 aliphatic rings. The van der Waals surface area contributed by atoms with Gasteiger partial charge in [-0.05, 0) is 25.1 Å². The number of para-hydroxylation sites is 1. The normalized spacial score (nSPS) is 12.1. The first-order valence-electron chi connectivity index (χ1n) is 5.70. The zero-order chi connectivity index (χ0) is 13.0. The third-order valence-electron chi connectivity index (χ3n) is 2.61. The van der Waals surface area contributed by atoms with E-state index in [1.807, 2.05) is 6.92 Å². The average Bonchev–Trinajstić information content (AvgIpc) is 2.85. The van der Waals surface area contributed by atoms with Crippen LogP contribution in [-0.2, 0) is 4.79 Å². The van der Waals surface area contributed by atoms with E-state index in [0.717, 1.165) is 0 Å². The predicted octanol–water partition coefficient (Wildman–Crippen LogP) is 2.61. The maximum Gasteiger partial charge on any atom is 0.226 e. The van der Waals surface area contributed by atoms with E-state index >= 15 is 0 Å². The highest BCUT2D eigenvalue weighted by atomic mass is 19.1. The quantitative estimate of drug-likeness (QED) is 0.902. The molecule has 0 bridgehead atoms. The van der Waals surface area contributed by atoms with Gasteiger partial charge in [0.05, 0.1) is 11.7 Å². The lowest BCUT2D eigenvalue weighted by Gasteiger charge is -2.12. The number of aromatic nitrogens is 2. The average molecular weight is 247 g/mol. The van der Waals surface area contributed by atoms with Gasteiger partial charge in [-0.15, -0.1) is 0 Å². The van der Waals surface area contributed by atoms with E-state index < -0.39 is 5.82 Å². The molecular formula is C13H14FN3O. The Morgan fingerprint density at radius 1 is 1.44 bits per heavy atom. The largest absolute Gasteiger partial charge is 0.324 e. The lowest BCUT2D eigenvalue weighted by atomic mass is 10.2. The fraction of sp³-hybridized carbons (Fsp3) is 0.231. The molecule has 0 fully saturated rings. The number of nitrogens with one attached hydrogen (secondary N) is 1. The van der Waals surface area contributed by atoms with Crippen LogP contribution in [0, 0.1) is 5.82 Å². The Labute approximate surface area is 104 Å². The molecule has 0 saturated heterocycles. The van der Waals surface area contributed by atoms with E-state index in [2.05, 4.69) is 10.4 Å². The van der Waals surface area contributed by atoms with Gasteiger partial charge in [-0.2, -0.15) is 5.10 Å². The van der Waals surface area contributed by atoms with Gasteiger partial charge < -0.3 is 5.32 Å². The van der Waals surface area contributed by atoms with Crippen LogP contribution in [0.1, 0.15) is 19.4 Å². The van der Waals surface area contributed by atoms with Crippen LogP contribution in [0.15, 0.2) is 42.7 Å². The number of carbonyl (C=O) groups excluding carboxylic acids is 1. The summed E-state index contributed by atoms with van der Waals surface area (Å²) in [6.07, 6.45) is 3.70. The Kier molecular flexibility index (Phi) is 3.72. The van der Waals surface area contributed by atoms with Crippen molar-refractivity contribution in [2.75, 3.05) is 5.32 Å². The molecule has 0 aliphatic heterocycles. The molecule has 4 nitrogen and oxygen atoms in total. The topological polar surface area (TPSA) is 46.9 Å². The number of hydrogen-bond acceptors (Lipinski definition) is 2. The summed E-state index contributed by atoms with van der Waals surface area (Å²) < 4.78 is 15.0. The summed E-state index contributed by atoms with van der Waals surface area (Å²) in [7, 11) is 0. The summed E-state index contributed by atoms with van der Waals surface area (Å²) in [6, 6.07) is 7.84. The van der Waals surface area contributed by atoms with E-state index in [0.29, 0.717) is 0 Å². The van der Waals surface area contributed by atoms with Crippen molar-refractivity contribution in [1.82, 2.24) is 9.78 Å². The molecule has 1 heterocycles. The van der Waals surface area contributed by atoms with Crippen molar-refractivity contribution in [1.29, 1.82) is 0 Å². The molecule has 0 saturated carbocycles. The molecule has 94 valence electrons. The fourth-order valence-corrected chi connectivity index (χ4v) is 1.67. The number of benzene rings is 1. The van der Waals surface area contributed by atoms with Crippen molar-refractivity contribution in [2.24, 2.45) is 0 Å². The van der Waals surface area contributed by atoms with E-state index in [9.17, 15) is 9.18 Å². The third-order valence-corrected chi connectivity index (χ3v) is 2.61. The number of rotatable bonds is 4. The summed E-state index contributed by atoms with van der Waals surface area (Å²) in [5.74, 6) is -0.666. The van der Waals surface area contributed by atoms with Crippen LogP contribution < -0.4 is 5.32 Å². The minimum atomic E-state index is -0.433. The maximum atomic E-state index is 13.3. The number of anilines is 1. The Morgan fingerprint density at radius 2 is 2.22 bits per heavy atom. The molecule has 0 aliphatic carbocycles. The van der Waals surface area contributed by atoms with Crippen LogP contribution in [0.25, 0.3) is 0 Å². The van der Waals surface area contributed by atoms with Crippen LogP contribution in [0.5, 0.6) is 0 Å². The number of nitrogens with zero attached hydrogens (tertiary/aromatic N) is 2. The molecule has 18 heavy (non-hydrogen) atoms. The van der Waals surface area contributed by atoms with Gasteiger partial charge in [-0.3, -0.25) is 9.48 Å². The van der Waals surface area contributed by atoms with Gasteiger partial charge in [0.25, 0.3) is 0 Å². The van der Waals surface area contributed by atoms with Gasteiger partial charge in [0, 0.05) is 18.8 Å². The standard InChI is InChI=1S/C13H14FN3O/c1-10(17-8-4-7-15-17)9-13(18)16-12-6-3-2-5-11(12)14/h2-8,10H,9H2,1H3,(H,16,18)/t10-/m0/s1. The molecule has 1 N–H and O–H groups in total. The molecule has 0 radical (unpaired) electrons. The zero-order valence-electron chi connectivity index (χ0n) is 10.0. The van der Waals surface area contributed by atoms with E-state index in [-0.39, 0.29) is 24.1 Å². The molecule has 5 heteroatoms. The van der Waals surface area contributed by atoms with Gasteiger partial charge in [-0.25, -0.2) is 4.39 Å². The van der Waals surface area contributed by atoms with Crippen molar-refractivity contribution in [3.63, 3.8) is 0 Å². The molecular weight excluding hydrogens is 233 g/mol. The highest BCUT2D eigenvalue weighted by Gasteiger charge is 2.12. The van der Waals surface area contributed by atoms with Crippen molar-refractivity contribution in [3.05, 3.63) is 48.5 Å². The summed E-state index contributed by atoms with van der Waals surface area (Å²) in [4.78, 5) is 11.8. The van der Waals surface area contributed by atoms with Gasteiger partial charge in [0.1, 0.15) is 5.82 Å². The Bertz CT molecular complexity index is 525. The predicted molar refractivity (Wildman–Crippen MR) is 66.6 cm³/mol. The second-order valence-electron chi connectivity index (χ2n) is 4.07. The molecule has 1 aromatic carbocycles. The molecule has 1 aromatic heterocycles. The first-order valence-corrected chi connectivity index (χ1v) is 5.70. The van der Waals surface area contributed by atoms with Crippen molar-refractivity contribution in [2.45, 2.75) is 19.4 Å². The molecule has 0 unspecified atom stereocenters. The SMILES string of the molecule is C[C@@H](CC(=O)Nc1ccccc1F)n1cccn1. The molecule has 1 atom stereocenters. The number of carbonyl (C=O) groups is 1. The molecule has 1 amide bonds. The minimum Gasteiger partial charge on any atom is -0.324 e. The van der Waals surface area contributed by atoms with E-state index in [1.165, 1.54) is 12.1 Å². The van der Waals surface area contributed by atoms with Crippen LogP contribution in [-0.4, -0.2) is 15.7 Å². The van der Waals surface area contributed by atoms with Crippen molar-refractivity contribution >= 4 is 11.6 Å². The summed E-state index contributed by atoms with van der Waals surface area (Å²) in [5, 5.41) is 6.60. The van der Waals surface area contributed by atoms with E-state index in [4.69, 9.17) is 0 Å². The Hall–Kier alpha value is -2.17. The van der Waals surface area contributed by atoms with Gasteiger partial charge in [-0.1, -0.05) is 12.1 Å². The summed E-state index contributed by atoms with van der Waals surface area (Å²) in [5.41, 5.74) is 0.204. The number of amides is 1. The summed E-state index contributed by atoms with van der Waals surface area (Å²) in [6.45, 7) is 1.88. The minimum absolute atomic E-state index is 0.0632. The van der Waals surface area contributed by atoms with Crippen LogP contribution in [0.4, 0.5) is 10.1 Å². The van der Waals surface area contributed by atoms with Crippen molar-refractivity contribution < 1.29 is 9.18 Å². The molecule has 2 rings (SSSR count). The van der Waals surface area contributed by atoms with Gasteiger partial charge >= 0.3 is 0 Å². The Morgan fingerprint density at radius 3 is 2.89 bits per heavy atom. The second-order valence-corrected chi connectivity index (χ2v) is 4.07. The number of halogens is 1. The van der Waals surface area contributed by atoms with Crippen molar-refractivity contribution in [3.8, 4) is 0 Å². The Balaban J connectivity index is 1.95. The number of hydrogen-bond donors (Lipinski definition) is 1. The van der Waals surface area contributed by atoms with Gasteiger partial charge in [0.15, 0.2) is 0 Å². The monoisotopic (exact) mass is 247 g/mol. The zero-order valence-corrected chi connectivity index (χ0v) is 10.0. The molecule has 0 spiro atoms. The van der Waals surface area contributed by atoms with Crippen LogP contribution in [0.3, 0.4) is 0 Å². The first kappa shape index (κ1) is 12.3. The first-order chi connectivity index (χ1) is 8.66. The third kappa shape index (κ3) is 2.94. The highest BCUT2D eigenvalue weighted by molar-refractivity contribution is 5.91. The fourth-order valence-electron chi connectivity index (χ4n) is 1.67. The maximum absolute atomic E-state index is 13.3. The lowest BCUT2D eigenvalue weighted by Crippen LogP contribution is -2.18. The second kappa shape index (κ2) is 5.44. The summed E-state index contributed by atoms with van der Waals surface area (Å²) >= 11 is 0. The van der Waals surface area contributed by atoms with E-state index in [1.54, 1.807) is 35.3 Å². The lowest BCUT2D eigenvalue weighted by molar-refractivity contribution is -0.116. The smallest absolute Gasteiger partial charge is 0.226 e.